The molecule has 7 heteroatoms. The molecule has 0 unspecified atom stereocenters. The molecule has 2 aromatic carbocycles. The predicted octanol–water partition coefficient (Wildman–Crippen LogP) is 2.71. The van der Waals surface area contributed by atoms with Crippen LogP contribution in [0.5, 0.6) is 11.5 Å². The van der Waals surface area contributed by atoms with Gasteiger partial charge >= 0.3 is 0 Å². The van der Waals surface area contributed by atoms with Crippen LogP contribution in [0.4, 0.5) is 0 Å². The maximum atomic E-state index is 13.2. The number of benzene rings is 2. The lowest BCUT2D eigenvalue weighted by Crippen LogP contribution is -2.49. The number of aryl methyl sites for hydroxylation is 1. The van der Waals surface area contributed by atoms with Crippen molar-refractivity contribution >= 4 is 16.8 Å². The Morgan fingerprint density at radius 2 is 1.77 bits per heavy atom. The summed E-state index contributed by atoms with van der Waals surface area (Å²) in [5.41, 5.74) is 2.09. The summed E-state index contributed by atoms with van der Waals surface area (Å²) in [5, 5.41) is 0.594. The second-order valence-electron chi connectivity index (χ2n) is 7.93. The van der Waals surface area contributed by atoms with Gasteiger partial charge in [-0.2, -0.15) is 0 Å². The summed E-state index contributed by atoms with van der Waals surface area (Å²) in [6.45, 7) is 6.49. The van der Waals surface area contributed by atoms with Crippen molar-refractivity contribution in [1.29, 1.82) is 0 Å². The number of fused-ring (bicyclic) bond motifs is 2. The number of ether oxygens (including phenoxy) is 2. The molecule has 0 saturated carbocycles. The van der Waals surface area contributed by atoms with Crippen LogP contribution in [0.2, 0.25) is 0 Å². The third-order valence-electron chi connectivity index (χ3n) is 6.06. The largest absolute Gasteiger partial charge is 0.454 e. The molecule has 1 amide bonds. The van der Waals surface area contributed by atoms with Crippen LogP contribution in [0, 0.1) is 0 Å². The summed E-state index contributed by atoms with van der Waals surface area (Å²) in [5.74, 6) is 1.39. The van der Waals surface area contributed by atoms with E-state index in [1.807, 2.05) is 47.9 Å². The molecule has 1 saturated heterocycles. The molecule has 2 aliphatic heterocycles. The fraction of sp³-hybridized carbons (Fsp3) is 0.333. The molecule has 1 fully saturated rings. The van der Waals surface area contributed by atoms with Gasteiger partial charge in [-0.1, -0.05) is 18.2 Å². The zero-order chi connectivity index (χ0) is 21.4. The van der Waals surface area contributed by atoms with Gasteiger partial charge in [-0.3, -0.25) is 14.5 Å². The maximum Gasteiger partial charge on any atom is 0.259 e. The highest BCUT2D eigenvalue weighted by Gasteiger charge is 2.25. The Kier molecular flexibility index (Phi) is 5.11. The van der Waals surface area contributed by atoms with Crippen molar-refractivity contribution in [3.8, 4) is 11.5 Å². The lowest BCUT2D eigenvalue weighted by Gasteiger charge is -2.34. The lowest BCUT2D eigenvalue weighted by molar-refractivity contribution is 0.0626. The molecule has 160 valence electrons. The second-order valence-corrected chi connectivity index (χ2v) is 7.93. The van der Waals surface area contributed by atoms with Gasteiger partial charge in [0.15, 0.2) is 11.5 Å². The standard InChI is InChI=1S/C24H25N3O4/c1-2-26-15-19(23(28)18-5-3-4-6-20(18)26)24(29)27-11-9-25(10-12-27)14-17-7-8-21-22(13-17)31-16-30-21/h3-8,13,15H,2,9-12,14,16H2,1H3. The van der Waals surface area contributed by atoms with Crippen LogP contribution in [-0.2, 0) is 13.1 Å². The molecule has 3 heterocycles. The van der Waals surface area contributed by atoms with Crippen molar-refractivity contribution in [2.75, 3.05) is 33.0 Å². The molecule has 0 N–H and O–H groups in total. The summed E-state index contributed by atoms with van der Waals surface area (Å²) < 4.78 is 12.8. The minimum atomic E-state index is -0.187. The summed E-state index contributed by atoms with van der Waals surface area (Å²) in [6.07, 6.45) is 1.71. The second kappa shape index (κ2) is 8.07. The zero-order valence-corrected chi connectivity index (χ0v) is 17.5. The number of aromatic nitrogens is 1. The minimum absolute atomic E-state index is 0.180. The van der Waals surface area contributed by atoms with E-state index in [1.165, 1.54) is 0 Å². The van der Waals surface area contributed by atoms with Gasteiger partial charge in [0.25, 0.3) is 5.91 Å². The average molecular weight is 419 g/mol. The zero-order valence-electron chi connectivity index (χ0n) is 17.5. The molecule has 1 aromatic heterocycles. The van der Waals surface area contributed by atoms with Crippen LogP contribution in [0.15, 0.2) is 53.5 Å². The summed E-state index contributed by atoms with van der Waals surface area (Å²) in [4.78, 5) is 30.3. The Morgan fingerprint density at radius 1 is 1.00 bits per heavy atom. The number of nitrogens with zero attached hydrogens (tertiary/aromatic N) is 3. The Hall–Kier alpha value is -3.32. The number of hydrogen-bond acceptors (Lipinski definition) is 5. The fourth-order valence-corrected chi connectivity index (χ4v) is 4.34. The van der Waals surface area contributed by atoms with E-state index in [9.17, 15) is 9.59 Å². The number of amides is 1. The molecule has 7 nitrogen and oxygen atoms in total. The van der Waals surface area contributed by atoms with E-state index in [1.54, 1.807) is 17.2 Å². The normalized spacial score (nSPS) is 16.1. The molecular formula is C24H25N3O4. The molecule has 2 aliphatic rings. The van der Waals surface area contributed by atoms with Crippen molar-refractivity contribution in [3.63, 3.8) is 0 Å². The highest BCUT2D eigenvalue weighted by atomic mass is 16.7. The summed E-state index contributed by atoms with van der Waals surface area (Å²) >= 11 is 0. The fourth-order valence-electron chi connectivity index (χ4n) is 4.34. The first kappa shape index (κ1) is 19.6. The molecule has 5 rings (SSSR count). The number of piperazine rings is 1. The van der Waals surface area contributed by atoms with Crippen LogP contribution in [0.3, 0.4) is 0 Å². The van der Waals surface area contributed by atoms with Crippen LogP contribution in [-0.4, -0.2) is 53.2 Å². The first-order chi connectivity index (χ1) is 15.1. The number of carbonyl (C=O) groups is 1. The Balaban J connectivity index is 1.29. The highest BCUT2D eigenvalue weighted by molar-refractivity contribution is 5.97. The molecule has 0 aliphatic carbocycles. The van der Waals surface area contributed by atoms with Gasteiger partial charge in [-0.15, -0.1) is 0 Å². The lowest BCUT2D eigenvalue weighted by atomic mass is 10.1. The summed E-state index contributed by atoms with van der Waals surface area (Å²) in [7, 11) is 0. The third kappa shape index (κ3) is 3.65. The van der Waals surface area contributed by atoms with Gasteiger partial charge in [0.2, 0.25) is 12.2 Å². The van der Waals surface area contributed by atoms with Crippen molar-refractivity contribution in [3.05, 3.63) is 70.0 Å². The highest BCUT2D eigenvalue weighted by Crippen LogP contribution is 2.32. The first-order valence-corrected chi connectivity index (χ1v) is 10.7. The van der Waals surface area contributed by atoms with Gasteiger partial charge < -0.3 is 18.9 Å². The molecule has 3 aromatic rings. The minimum Gasteiger partial charge on any atom is -0.454 e. The number of para-hydroxylation sites is 1. The Bertz CT molecular complexity index is 1200. The molecule has 0 radical (unpaired) electrons. The van der Waals surface area contributed by atoms with Crippen molar-refractivity contribution in [2.24, 2.45) is 0 Å². The first-order valence-electron chi connectivity index (χ1n) is 10.7. The number of rotatable bonds is 4. The van der Waals surface area contributed by atoms with Gasteiger partial charge in [-0.25, -0.2) is 0 Å². The van der Waals surface area contributed by atoms with Gasteiger partial charge in [-0.05, 0) is 36.8 Å². The van der Waals surface area contributed by atoms with Crippen LogP contribution < -0.4 is 14.9 Å². The molecule has 0 spiro atoms. The maximum absolute atomic E-state index is 13.2. The van der Waals surface area contributed by atoms with E-state index in [4.69, 9.17) is 9.47 Å². The molecule has 0 bridgehead atoms. The Morgan fingerprint density at radius 3 is 2.58 bits per heavy atom. The smallest absolute Gasteiger partial charge is 0.259 e. The number of pyridine rings is 1. The average Bonchev–Trinajstić information content (AvgIpc) is 3.28. The Labute approximate surface area is 180 Å². The topological polar surface area (TPSA) is 64.0 Å². The third-order valence-corrected chi connectivity index (χ3v) is 6.06. The van der Waals surface area contributed by atoms with E-state index in [-0.39, 0.29) is 23.7 Å². The van der Waals surface area contributed by atoms with E-state index in [0.29, 0.717) is 25.0 Å². The quantitative estimate of drug-likeness (QED) is 0.651. The molecular weight excluding hydrogens is 394 g/mol. The molecule has 0 atom stereocenters. The van der Waals surface area contributed by atoms with Crippen LogP contribution >= 0.6 is 0 Å². The molecule has 31 heavy (non-hydrogen) atoms. The van der Waals surface area contributed by atoms with Crippen LogP contribution in [0.1, 0.15) is 22.8 Å². The van der Waals surface area contributed by atoms with Crippen molar-refractivity contribution in [2.45, 2.75) is 20.0 Å². The summed E-state index contributed by atoms with van der Waals surface area (Å²) in [6, 6.07) is 13.5. The van der Waals surface area contributed by atoms with Gasteiger partial charge in [0.05, 0.1) is 5.52 Å². The number of carbonyl (C=O) groups excluding carboxylic acids is 1. The van der Waals surface area contributed by atoms with Gasteiger partial charge in [0, 0.05) is 50.9 Å². The van der Waals surface area contributed by atoms with Crippen molar-refractivity contribution in [1.82, 2.24) is 14.4 Å². The van der Waals surface area contributed by atoms with Crippen molar-refractivity contribution < 1.29 is 14.3 Å². The van der Waals surface area contributed by atoms with Crippen LogP contribution in [0.25, 0.3) is 10.9 Å². The monoisotopic (exact) mass is 419 g/mol. The van der Waals surface area contributed by atoms with E-state index < -0.39 is 0 Å². The number of hydrogen-bond donors (Lipinski definition) is 0. The SMILES string of the molecule is CCn1cc(C(=O)N2CCN(Cc3ccc4c(c3)OCO4)CC2)c(=O)c2ccccc21. The van der Waals surface area contributed by atoms with Gasteiger partial charge in [0.1, 0.15) is 5.56 Å². The van der Waals surface area contributed by atoms with E-state index in [0.717, 1.165) is 42.2 Å². The predicted molar refractivity (Wildman–Crippen MR) is 118 cm³/mol. The van der Waals surface area contributed by atoms with E-state index >= 15 is 0 Å². The van der Waals surface area contributed by atoms with E-state index in [2.05, 4.69) is 4.90 Å².